The number of benzene rings is 2. The topological polar surface area (TPSA) is 71.5 Å². The highest BCUT2D eigenvalue weighted by Crippen LogP contribution is 2.34. The first kappa shape index (κ1) is 23.4. The Morgan fingerprint density at radius 2 is 1.81 bits per heavy atom. The molecule has 0 amide bonds. The van der Waals surface area contributed by atoms with Crippen LogP contribution in [0.15, 0.2) is 60.8 Å². The lowest BCUT2D eigenvalue weighted by Gasteiger charge is -2.22. The average molecular weight is 465 g/mol. The van der Waals surface area contributed by atoms with Crippen LogP contribution >= 0.6 is 11.6 Å². The van der Waals surface area contributed by atoms with E-state index in [-0.39, 0.29) is 12.3 Å². The minimum atomic E-state index is -4.75. The summed E-state index contributed by atoms with van der Waals surface area (Å²) >= 11 is 6.22. The molecular formula is C23H20ClF3N2O3. The first-order valence-corrected chi connectivity index (χ1v) is 9.92. The van der Waals surface area contributed by atoms with Gasteiger partial charge in [0.2, 0.25) is 0 Å². The van der Waals surface area contributed by atoms with Crippen LogP contribution in [-0.4, -0.2) is 22.4 Å². The highest BCUT2D eigenvalue weighted by Gasteiger charge is 2.32. The minimum Gasteiger partial charge on any atom is -0.481 e. The van der Waals surface area contributed by atoms with Crippen LogP contribution in [0.4, 0.5) is 19.0 Å². The molecule has 2 N–H and O–H groups in total. The Hall–Kier alpha value is -3.26. The fraction of sp³-hybridized carbons (Fsp3) is 0.217. The molecule has 0 saturated carbocycles. The van der Waals surface area contributed by atoms with Crippen molar-refractivity contribution in [1.29, 1.82) is 0 Å². The Morgan fingerprint density at radius 3 is 2.44 bits per heavy atom. The second-order valence-corrected chi connectivity index (χ2v) is 8.01. The van der Waals surface area contributed by atoms with E-state index in [0.29, 0.717) is 22.0 Å². The van der Waals surface area contributed by atoms with Crippen LogP contribution in [0.5, 0.6) is 5.75 Å². The Labute approximate surface area is 187 Å². The van der Waals surface area contributed by atoms with Crippen LogP contribution in [0.25, 0.3) is 11.1 Å². The molecule has 9 heteroatoms. The van der Waals surface area contributed by atoms with E-state index in [1.165, 1.54) is 18.2 Å². The maximum absolute atomic E-state index is 12.4. The van der Waals surface area contributed by atoms with Crippen LogP contribution in [-0.2, 0) is 16.8 Å². The molecule has 2 aromatic carbocycles. The summed E-state index contributed by atoms with van der Waals surface area (Å²) in [5.74, 6) is -0.752. The van der Waals surface area contributed by atoms with Crippen LogP contribution in [0.3, 0.4) is 0 Å². The highest BCUT2D eigenvalue weighted by atomic mass is 35.5. The minimum absolute atomic E-state index is 0.249. The first-order valence-electron chi connectivity index (χ1n) is 9.54. The SMILES string of the molecule is CC(C)(C(=O)O)c1cc(-c2ccc(NCc3cccc(OC(F)(F)F)c3)nc2)ccc1Cl. The third-order valence-corrected chi connectivity index (χ3v) is 5.21. The summed E-state index contributed by atoms with van der Waals surface area (Å²) in [5, 5.41) is 12.9. The van der Waals surface area contributed by atoms with Crippen LogP contribution in [0.2, 0.25) is 5.02 Å². The number of halogens is 4. The molecule has 0 spiro atoms. The third kappa shape index (κ3) is 5.70. The number of nitrogens with one attached hydrogen (secondary N) is 1. The Bertz CT molecular complexity index is 1120. The summed E-state index contributed by atoms with van der Waals surface area (Å²) < 4.78 is 41.0. The molecule has 0 unspecified atom stereocenters. The van der Waals surface area contributed by atoms with Gasteiger partial charge < -0.3 is 15.2 Å². The predicted octanol–water partition coefficient (Wildman–Crippen LogP) is 6.27. The average Bonchev–Trinajstić information content (AvgIpc) is 2.72. The Morgan fingerprint density at radius 1 is 1.09 bits per heavy atom. The van der Waals surface area contributed by atoms with Gasteiger partial charge in [-0.3, -0.25) is 4.79 Å². The summed E-state index contributed by atoms with van der Waals surface area (Å²) in [5.41, 5.74) is 1.44. The van der Waals surface area contributed by atoms with Gasteiger partial charge in [-0.05, 0) is 66.9 Å². The highest BCUT2D eigenvalue weighted by molar-refractivity contribution is 6.31. The smallest absolute Gasteiger partial charge is 0.481 e. The molecule has 32 heavy (non-hydrogen) atoms. The molecule has 0 radical (unpaired) electrons. The van der Waals surface area contributed by atoms with Gasteiger partial charge in [-0.15, -0.1) is 13.2 Å². The van der Waals surface area contributed by atoms with E-state index in [4.69, 9.17) is 11.6 Å². The van der Waals surface area contributed by atoms with Gasteiger partial charge in [0.25, 0.3) is 0 Å². The number of rotatable bonds is 7. The molecule has 5 nitrogen and oxygen atoms in total. The molecule has 3 rings (SSSR count). The quantitative estimate of drug-likeness (QED) is 0.431. The van der Waals surface area contributed by atoms with Crippen molar-refractivity contribution in [2.45, 2.75) is 32.2 Å². The lowest BCUT2D eigenvalue weighted by Crippen LogP contribution is -2.28. The van der Waals surface area contributed by atoms with Crippen LogP contribution in [0.1, 0.15) is 25.0 Å². The molecule has 0 aliphatic rings. The van der Waals surface area contributed by atoms with E-state index in [9.17, 15) is 23.1 Å². The van der Waals surface area contributed by atoms with Gasteiger partial charge in [0.15, 0.2) is 0 Å². The molecule has 168 valence electrons. The van der Waals surface area contributed by atoms with Gasteiger partial charge in [0.05, 0.1) is 5.41 Å². The normalized spacial score (nSPS) is 11.8. The van der Waals surface area contributed by atoms with Crippen molar-refractivity contribution in [1.82, 2.24) is 4.98 Å². The zero-order valence-electron chi connectivity index (χ0n) is 17.2. The predicted molar refractivity (Wildman–Crippen MR) is 116 cm³/mol. The van der Waals surface area contributed by atoms with Crippen molar-refractivity contribution >= 4 is 23.4 Å². The van der Waals surface area contributed by atoms with E-state index < -0.39 is 17.7 Å². The zero-order valence-corrected chi connectivity index (χ0v) is 18.0. The van der Waals surface area contributed by atoms with Gasteiger partial charge in [-0.1, -0.05) is 29.8 Å². The lowest BCUT2D eigenvalue weighted by molar-refractivity contribution is -0.274. The Kier molecular flexibility index (Phi) is 6.64. The number of pyridine rings is 1. The molecule has 0 aliphatic heterocycles. The summed E-state index contributed by atoms with van der Waals surface area (Å²) in [4.78, 5) is 15.9. The number of carbonyl (C=O) groups is 1. The van der Waals surface area contributed by atoms with Crippen LogP contribution in [0, 0.1) is 0 Å². The number of aliphatic carboxylic acids is 1. The molecule has 0 bridgehead atoms. The first-order chi connectivity index (χ1) is 15.0. The second-order valence-electron chi connectivity index (χ2n) is 7.61. The number of anilines is 1. The molecule has 0 fully saturated rings. The fourth-order valence-corrected chi connectivity index (χ4v) is 3.37. The number of nitrogens with zero attached hydrogens (tertiary/aromatic N) is 1. The maximum Gasteiger partial charge on any atom is 0.573 e. The van der Waals surface area contributed by atoms with Crippen molar-refractivity contribution in [2.75, 3.05) is 5.32 Å². The van der Waals surface area contributed by atoms with Crippen molar-refractivity contribution in [2.24, 2.45) is 0 Å². The summed E-state index contributed by atoms with van der Waals surface area (Å²) in [6.07, 6.45) is -3.13. The van der Waals surface area contributed by atoms with Gasteiger partial charge in [-0.25, -0.2) is 4.98 Å². The van der Waals surface area contributed by atoms with Crippen molar-refractivity contribution in [3.63, 3.8) is 0 Å². The number of hydrogen-bond acceptors (Lipinski definition) is 4. The third-order valence-electron chi connectivity index (χ3n) is 4.88. The second kappa shape index (κ2) is 9.08. The monoisotopic (exact) mass is 464 g/mol. The molecular weight excluding hydrogens is 445 g/mol. The van der Waals surface area contributed by atoms with Crippen LogP contribution < -0.4 is 10.1 Å². The summed E-state index contributed by atoms with van der Waals surface area (Å²) in [6, 6.07) is 14.4. The summed E-state index contributed by atoms with van der Waals surface area (Å²) in [7, 11) is 0. The van der Waals surface area contributed by atoms with Gasteiger partial charge in [-0.2, -0.15) is 0 Å². The van der Waals surface area contributed by atoms with E-state index in [1.54, 1.807) is 56.4 Å². The largest absolute Gasteiger partial charge is 0.573 e. The number of carboxylic acids is 1. The van der Waals surface area contributed by atoms with Gasteiger partial charge in [0.1, 0.15) is 11.6 Å². The number of carboxylic acid groups (broad SMARTS) is 1. The summed E-state index contributed by atoms with van der Waals surface area (Å²) in [6.45, 7) is 3.42. The molecule has 0 aliphatic carbocycles. The van der Waals surface area contributed by atoms with E-state index >= 15 is 0 Å². The fourth-order valence-electron chi connectivity index (χ4n) is 3.01. The van der Waals surface area contributed by atoms with Crippen molar-refractivity contribution < 1.29 is 27.8 Å². The number of alkyl halides is 3. The van der Waals surface area contributed by atoms with Gasteiger partial charge >= 0.3 is 12.3 Å². The Balaban J connectivity index is 1.73. The van der Waals surface area contributed by atoms with E-state index in [1.807, 2.05) is 0 Å². The number of aromatic nitrogens is 1. The van der Waals surface area contributed by atoms with Gasteiger partial charge in [0, 0.05) is 23.3 Å². The lowest BCUT2D eigenvalue weighted by atomic mass is 9.83. The molecule has 0 saturated heterocycles. The molecule has 3 aromatic rings. The van der Waals surface area contributed by atoms with Crippen molar-refractivity contribution in [3.8, 4) is 16.9 Å². The molecule has 1 aromatic heterocycles. The number of hydrogen-bond donors (Lipinski definition) is 2. The zero-order chi connectivity index (χ0) is 23.5. The molecule has 1 heterocycles. The van der Waals surface area contributed by atoms with E-state index in [0.717, 1.165) is 11.1 Å². The molecule has 0 atom stereocenters. The standard InChI is InChI=1S/C23H20ClF3N2O3/c1-22(2,21(30)31)18-11-15(6-8-19(18)24)16-7-9-20(29-13-16)28-12-14-4-3-5-17(10-14)32-23(25,26)27/h3-11,13H,12H2,1-2H3,(H,28,29)(H,30,31). The van der Waals surface area contributed by atoms with E-state index in [2.05, 4.69) is 15.0 Å². The van der Waals surface area contributed by atoms with Crippen molar-refractivity contribution in [3.05, 3.63) is 76.9 Å². The number of ether oxygens (including phenoxy) is 1. The maximum atomic E-state index is 12.4.